The molecule has 0 bridgehead atoms. The SMILES string of the molecule is C=CS(=O)(=O)N[C@H]1CCc2c(-c3cnc(-c4ccc(OC(C)C)c(C#N)c4)s3)cccc21. The van der Waals surface area contributed by atoms with E-state index in [2.05, 4.69) is 22.4 Å². The number of nitriles is 1. The molecular formula is C24H23N3O3S2. The summed E-state index contributed by atoms with van der Waals surface area (Å²) in [6.45, 7) is 7.22. The lowest BCUT2D eigenvalue weighted by atomic mass is 10.0. The Morgan fingerprint density at radius 2 is 2.16 bits per heavy atom. The molecule has 32 heavy (non-hydrogen) atoms. The maximum Gasteiger partial charge on any atom is 0.233 e. The van der Waals surface area contributed by atoms with Crippen molar-refractivity contribution in [1.29, 1.82) is 5.26 Å². The third-order valence-corrected chi connectivity index (χ3v) is 7.41. The zero-order chi connectivity index (χ0) is 22.9. The average molecular weight is 466 g/mol. The van der Waals surface area contributed by atoms with Gasteiger partial charge >= 0.3 is 0 Å². The third-order valence-electron chi connectivity index (χ3n) is 5.28. The molecule has 4 rings (SSSR count). The molecule has 1 N–H and O–H groups in total. The van der Waals surface area contributed by atoms with Gasteiger partial charge in [0.2, 0.25) is 10.0 Å². The lowest BCUT2D eigenvalue weighted by molar-refractivity contribution is 0.242. The van der Waals surface area contributed by atoms with Gasteiger partial charge in [0.15, 0.2) is 0 Å². The highest BCUT2D eigenvalue weighted by Crippen LogP contribution is 2.41. The number of sulfonamides is 1. The van der Waals surface area contributed by atoms with Crippen molar-refractivity contribution in [1.82, 2.24) is 9.71 Å². The molecule has 0 unspecified atom stereocenters. The van der Waals surface area contributed by atoms with Crippen LogP contribution in [0.2, 0.25) is 0 Å². The van der Waals surface area contributed by atoms with Crippen molar-refractivity contribution < 1.29 is 13.2 Å². The molecule has 3 aromatic rings. The molecule has 2 aromatic carbocycles. The number of hydrogen-bond donors (Lipinski definition) is 1. The van der Waals surface area contributed by atoms with E-state index in [0.717, 1.165) is 44.0 Å². The van der Waals surface area contributed by atoms with Gasteiger partial charge in [0, 0.05) is 23.2 Å². The topological polar surface area (TPSA) is 92.1 Å². The van der Waals surface area contributed by atoms with E-state index in [1.165, 1.54) is 0 Å². The Kier molecular flexibility index (Phi) is 6.15. The van der Waals surface area contributed by atoms with E-state index in [4.69, 9.17) is 4.74 Å². The second-order valence-electron chi connectivity index (χ2n) is 7.81. The molecule has 0 saturated carbocycles. The van der Waals surface area contributed by atoms with E-state index in [9.17, 15) is 13.7 Å². The molecule has 1 aliphatic rings. The summed E-state index contributed by atoms with van der Waals surface area (Å²) >= 11 is 1.55. The van der Waals surface area contributed by atoms with Crippen molar-refractivity contribution in [3.63, 3.8) is 0 Å². The van der Waals surface area contributed by atoms with Gasteiger partial charge in [-0.2, -0.15) is 5.26 Å². The minimum absolute atomic E-state index is 0.0145. The van der Waals surface area contributed by atoms with E-state index in [1.54, 1.807) is 17.4 Å². The molecule has 0 aliphatic heterocycles. The van der Waals surface area contributed by atoms with Crippen LogP contribution in [0.25, 0.3) is 21.0 Å². The zero-order valence-electron chi connectivity index (χ0n) is 17.8. The van der Waals surface area contributed by atoms with Crippen molar-refractivity contribution in [2.45, 2.75) is 38.8 Å². The Bertz CT molecular complexity index is 1320. The summed E-state index contributed by atoms with van der Waals surface area (Å²) in [6.07, 6.45) is 3.30. The molecule has 0 saturated heterocycles. The van der Waals surface area contributed by atoms with Gasteiger partial charge in [-0.1, -0.05) is 24.8 Å². The number of benzene rings is 2. The second kappa shape index (κ2) is 8.87. The predicted octanol–water partition coefficient (Wildman–Crippen LogP) is 5.19. The van der Waals surface area contributed by atoms with Crippen LogP contribution in [0.1, 0.15) is 43.0 Å². The highest BCUT2D eigenvalue weighted by molar-refractivity contribution is 7.92. The first kappa shape index (κ1) is 22.2. The maximum absolute atomic E-state index is 11.9. The highest BCUT2D eigenvalue weighted by Gasteiger charge is 2.28. The fourth-order valence-corrected chi connectivity index (χ4v) is 5.60. The summed E-state index contributed by atoms with van der Waals surface area (Å²) < 4.78 is 32.3. The normalized spacial score (nSPS) is 15.4. The number of nitrogens with zero attached hydrogens (tertiary/aromatic N) is 2. The standard InChI is InChI=1S/C24H23N3O3S2/c1-4-32(28,29)27-21-10-9-18-19(21)6-5-7-20(18)23-14-26-24(31-23)16-8-11-22(30-15(2)3)17(12-16)13-25/h4-8,11-12,14-15,21,27H,1,9-10H2,2-3H3/t21-/m0/s1. The maximum atomic E-state index is 11.9. The number of fused-ring (bicyclic) bond motifs is 1. The summed E-state index contributed by atoms with van der Waals surface area (Å²) in [5, 5.41) is 11.3. The summed E-state index contributed by atoms with van der Waals surface area (Å²) in [6, 6.07) is 13.4. The largest absolute Gasteiger partial charge is 0.490 e. The van der Waals surface area contributed by atoms with Gasteiger partial charge in [0.05, 0.1) is 16.5 Å². The number of rotatable bonds is 7. The smallest absolute Gasteiger partial charge is 0.233 e. The number of nitrogens with one attached hydrogen (secondary N) is 1. The molecule has 1 aromatic heterocycles. The third kappa shape index (κ3) is 4.46. The van der Waals surface area contributed by atoms with E-state index in [-0.39, 0.29) is 12.1 Å². The molecule has 1 heterocycles. The molecule has 1 aliphatic carbocycles. The Labute approximate surface area is 192 Å². The second-order valence-corrected chi connectivity index (χ2v) is 10.5. The first-order valence-corrected chi connectivity index (χ1v) is 12.6. The first-order valence-electron chi connectivity index (χ1n) is 10.2. The summed E-state index contributed by atoms with van der Waals surface area (Å²) in [7, 11) is -3.51. The fourth-order valence-electron chi connectivity index (χ4n) is 3.89. The molecule has 0 fully saturated rings. The summed E-state index contributed by atoms with van der Waals surface area (Å²) in [4.78, 5) is 5.59. The van der Waals surface area contributed by atoms with Gasteiger partial charge in [-0.15, -0.1) is 11.3 Å². The average Bonchev–Trinajstić information content (AvgIpc) is 3.41. The number of thiazole rings is 1. The molecule has 1 atom stereocenters. The molecule has 0 spiro atoms. The Morgan fingerprint density at radius 3 is 2.88 bits per heavy atom. The van der Waals surface area contributed by atoms with Crippen LogP contribution >= 0.6 is 11.3 Å². The summed E-state index contributed by atoms with van der Waals surface area (Å²) in [5.41, 5.74) is 4.53. The van der Waals surface area contributed by atoms with Crippen LogP contribution in [0, 0.1) is 11.3 Å². The van der Waals surface area contributed by atoms with Gasteiger partial charge in [0.25, 0.3) is 0 Å². The van der Waals surface area contributed by atoms with Crippen LogP contribution in [0.3, 0.4) is 0 Å². The van der Waals surface area contributed by atoms with Gasteiger partial charge in [0.1, 0.15) is 16.8 Å². The minimum atomic E-state index is -3.51. The number of aromatic nitrogens is 1. The monoisotopic (exact) mass is 465 g/mol. The zero-order valence-corrected chi connectivity index (χ0v) is 19.5. The Hall–Kier alpha value is -2.99. The van der Waals surface area contributed by atoms with Crippen LogP contribution in [-0.4, -0.2) is 19.5 Å². The van der Waals surface area contributed by atoms with Crippen LogP contribution < -0.4 is 9.46 Å². The predicted molar refractivity (Wildman–Crippen MR) is 127 cm³/mol. The van der Waals surface area contributed by atoms with Gasteiger partial charge in [-0.05, 0) is 61.6 Å². The number of hydrogen-bond acceptors (Lipinski definition) is 6. The van der Waals surface area contributed by atoms with E-state index in [1.807, 2.05) is 50.4 Å². The summed E-state index contributed by atoms with van der Waals surface area (Å²) in [5.74, 6) is 0.567. The molecular weight excluding hydrogens is 442 g/mol. The minimum Gasteiger partial charge on any atom is -0.490 e. The van der Waals surface area contributed by atoms with Crippen LogP contribution in [0.15, 0.2) is 54.6 Å². The van der Waals surface area contributed by atoms with Crippen LogP contribution in [0.4, 0.5) is 0 Å². The van der Waals surface area contributed by atoms with Crippen molar-refractivity contribution in [2.24, 2.45) is 0 Å². The van der Waals surface area contributed by atoms with Crippen molar-refractivity contribution in [2.75, 3.05) is 0 Å². The van der Waals surface area contributed by atoms with Crippen LogP contribution in [-0.2, 0) is 16.4 Å². The molecule has 0 amide bonds. The Morgan fingerprint density at radius 1 is 1.34 bits per heavy atom. The molecule has 8 heteroatoms. The van der Waals surface area contributed by atoms with Crippen molar-refractivity contribution in [3.05, 3.63) is 71.3 Å². The van der Waals surface area contributed by atoms with Crippen molar-refractivity contribution >= 4 is 21.4 Å². The Balaban J connectivity index is 1.65. The lowest BCUT2D eigenvalue weighted by Crippen LogP contribution is -2.25. The highest BCUT2D eigenvalue weighted by atomic mass is 32.2. The van der Waals surface area contributed by atoms with Crippen molar-refractivity contribution in [3.8, 4) is 32.8 Å². The van der Waals surface area contributed by atoms with Gasteiger partial charge in [-0.25, -0.2) is 18.1 Å². The van der Waals surface area contributed by atoms with Crippen LogP contribution in [0.5, 0.6) is 5.75 Å². The fraction of sp³-hybridized carbons (Fsp3) is 0.250. The van der Waals surface area contributed by atoms with Gasteiger partial charge in [-0.3, -0.25) is 0 Å². The first-order chi connectivity index (χ1) is 15.3. The quantitative estimate of drug-likeness (QED) is 0.519. The van der Waals surface area contributed by atoms with E-state index >= 15 is 0 Å². The number of ether oxygens (including phenoxy) is 1. The molecule has 6 nitrogen and oxygen atoms in total. The molecule has 164 valence electrons. The van der Waals surface area contributed by atoms with E-state index in [0.29, 0.717) is 17.7 Å². The van der Waals surface area contributed by atoms with Gasteiger partial charge < -0.3 is 4.74 Å². The molecule has 0 radical (unpaired) electrons. The lowest BCUT2D eigenvalue weighted by Gasteiger charge is -2.13. The van der Waals surface area contributed by atoms with E-state index < -0.39 is 10.0 Å².